The van der Waals surface area contributed by atoms with Crippen LogP contribution in [0.3, 0.4) is 0 Å². The monoisotopic (exact) mass is 292 g/mol. The highest BCUT2D eigenvalue weighted by Gasteiger charge is 2.52. The highest BCUT2D eigenvalue weighted by Crippen LogP contribution is 2.37. The molecule has 6 heteroatoms. The summed E-state index contributed by atoms with van der Waals surface area (Å²) in [6.07, 6.45) is 1.95. The van der Waals surface area contributed by atoms with Crippen molar-refractivity contribution in [1.29, 1.82) is 0 Å². The van der Waals surface area contributed by atoms with Crippen LogP contribution in [0, 0.1) is 0 Å². The summed E-state index contributed by atoms with van der Waals surface area (Å²) in [5, 5.41) is 6.02. The zero-order valence-corrected chi connectivity index (χ0v) is 13.2. The molecule has 1 fully saturated rings. The third kappa shape index (κ3) is 1.96. The fourth-order valence-corrected chi connectivity index (χ4v) is 2.66. The number of aryl methyl sites for hydroxylation is 1. The van der Waals surface area contributed by atoms with Gasteiger partial charge in [-0.05, 0) is 39.8 Å². The molecule has 106 valence electrons. The maximum Gasteiger partial charge on any atom is 0.497 e. The van der Waals surface area contributed by atoms with Crippen LogP contribution in [-0.2, 0) is 16.4 Å². The van der Waals surface area contributed by atoms with Gasteiger partial charge in [-0.2, -0.15) is 5.10 Å². The van der Waals surface area contributed by atoms with Crippen LogP contribution in [0.25, 0.3) is 10.9 Å². The number of hydrogen-bond donors (Lipinski definition) is 0. The molecule has 2 aromatic rings. The maximum absolute atomic E-state index is 6.38. The average molecular weight is 293 g/mol. The Hall–Kier alpha value is -1.04. The molecule has 0 atom stereocenters. The first-order valence-corrected chi connectivity index (χ1v) is 7.06. The summed E-state index contributed by atoms with van der Waals surface area (Å²) in [6.45, 7) is 8.13. The van der Waals surface area contributed by atoms with Crippen molar-refractivity contribution in [3.8, 4) is 0 Å². The highest BCUT2D eigenvalue weighted by molar-refractivity contribution is 6.68. The molecule has 0 saturated carbocycles. The van der Waals surface area contributed by atoms with Gasteiger partial charge < -0.3 is 9.31 Å². The van der Waals surface area contributed by atoms with Gasteiger partial charge in [0, 0.05) is 29.1 Å². The molecule has 0 radical (unpaired) electrons. The summed E-state index contributed by atoms with van der Waals surface area (Å²) in [5.41, 5.74) is 0.981. The molecule has 0 amide bonds. The summed E-state index contributed by atoms with van der Waals surface area (Å²) < 4.78 is 14.0. The molecule has 1 aromatic heterocycles. The maximum atomic E-state index is 6.38. The second kappa shape index (κ2) is 4.23. The molecule has 0 spiro atoms. The predicted molar refractivity (Wildman–Crippen MR) is 81.4 cm³/mol. The quantitative estimate of drug-likeness (QED) is 0.758. The molecule has 0 bridgehead atoms. The van der Waals surface area contributed by atoms with Crippen LogP contribution < -0.4 is 5.46 Å². The summed E-state index contributed by atoms with van der Waals surface area (Å²) in [7, 11) is 1.42. The van der Waals surface area contributed by atoms with Crippen molar-refractivity contribution in [3.05, 3.63) is 23.4 Å². The van der Waals surface area contributed by atoms with Gasteiger partial charge in [0.15, 0.2) is 0 Å². The molecule has 1 aromatic carbocycles. The van der Waals surface area contributed by atoms with E-state index in [9.17, 15) is 0 Å². The Morgan fingerprint density at radius 3 is 2.35 bits per heavy atom. The fraction of sp³-hybridized carbons (Fsp3) is 0.500. The number of benzene rings is 1. The lowest BCUT2D eigenvalue weighted by atomic mass is 9.77. The van der Waals surface area contributed by atoms with E-state index in [1.165, 1.54) is 0 Å². The number of rotatable bonds is 1. The van der Waals surface area contributed by atoms with Gasteiger partial charge in [-0.1, -0.05) is 11.6 Å². The lowest BCUT2D eigenvalue weighted by molar-refractivity contribution is 0.00578. The van der Waals surface area contributed by atoms with Crippen LogP contribution >= 0.6 is 11.6 Å². The van der Waals surface area contributed by atoms with Gasteiger partial charge in [-0.25, -0.2) is 0 Å². The lowest BCUT2D eigenvalue weighted by Crippen LogP contribution is -2.41. The molecule has 0 N–H and O–H groups in total. The summed E-state index contributed by atoms with van der Waals surface area (Å²) >= 11 is 6.38. The third-order valence-corrected chi connectivity index (χ3v) is 4.61. The molecule has 1 aliphatic rings. The average Bonchev–Trinajstić information content (AvgIpc) is 2.76. The van der Waals surface area contributed by atoms with E-state index in [1.807, 2.05) is 53.1 Å². The van der Waals surface area contributed by atoms with Gasteiger partial charge in [0.25, 0.3) is 0 Å². The molecule has 20 heavy (non-hydrogen) atoms. The second-order valence-electron chi connectivity index (χ2n) is 6.28. The predicted octanol–water partition coefficient (Wildman–Crippen LogP) is 2.53. The summed E-state index contributed by atoms with van der Waals surface area (Å²) in [4.78, 5) is 0. The van der Waals surface area contributed by atoms with Crippen molar-refractivity contribution in [3.63, 3.8) is 0 Å². The fourth-order valence-electron chi connectivity index (χ4n) is 2.41. The molecule has 1 saturated heterocycles. The van der Waals surface area contributed by atoms with E-state index in [0.29, 0.717) is 5.02 Å². The molecule has 3 rings (SSSR count). The van der Waals surface area contributed by atoms with Gasteiger partial charge in [0.05, 0.1) is 16.7 Å². The highest BCUT2D eigenvalue weighted by atomic mass is 35.5. The van der Waals surface area contributed by atoms with Crippen LogP contribution in [0.4, 0.5) is 0 Å². The molecule has 0 aliphatic carbocycles. The van der Waals surface area contributed by atoms with Crippen molar-refractivity contribution in [2.75, 3.05) is 0 Å². The Morgan fingerprint density at radius 1 is 1.15 bits per heavy atom. The second-order valence-corrected chi connectivity index (χ2v) is 6.69. The van der Waals surface area contributed by atoms with Crippen LogP contribution in [0.1, 0.15) is 27.7 Å². The number of aromatic nitrogens is 2. The van der Waals surface area contributed by atoms with E-state index in [1.54, 1.807) is 4.68 Å². The van der Waals surface area contributed by atoms with Crippen LogP contribution in [0.2, 0.25) is 5.02 Å². The van der Waals surface area contributed by atoms with Gasteiger partial charge in [-0.3, -0.25) is 4.68 Å². The Balaban J connectivity index is 2.14. The molecule has 0 unspecified atom stereocenters. The van der Waals surface area contributed by atoms with Crippen LogP contribution in [0.5, 0.6) is 0 Å². The topological polar surface area (TPSA) is 36.3 Å². The van der Waals surface area contributed by atoms with E-state index in [-0.39, 0.29) is 11.2 Å². The largest absolute Gasteiger partial charge is 0.497 e. The molecular formula is C14H18BClN2O2. The van der Waals surface area contributed by atoms with Gasteiger partial charge >= 0.3 is 7.12 Å². The Labute approximate surface area is 124 Å². The Kier molecular flexibility index (Phi) is 2.94. The minimum absolute atomic E-state index is 0.384. The number of fused-ring (bicyclic) bond motifs is 1. The summed E-state index contributed by atoms with van der Waals surface area (Å²) in [6, 6.07) is 3.75. The van der Waals surface area contributed by atoms with Crippen molar-refractivity contribution in [1.82, 2.24) is 9.78 Å². The summed E-state index contributed by atoms with van der Waals surface area (Å²) in [5.74, 6) is 0. The molecule has 2 heterocycles. The SMILES string of the molecule is Cn1cc2c(B3OC(C)(C)C(C)(C)O3)c(Cl)ccc2n1. The molecule has 4 nitrogen and oxygen atoms in total. The first-order chi connectivity index (χ1) is 9.21. The number of hydrogen-bond acceptors (Lipinski definition) is 3. The molecular weight excluding hydrogens is 274 g/mol. The Bertz CT molecular complexity index is 665. The van der Waals surface area contributed by atoms with Crippen LogP contribution in [-0.4, -0.2) is 28.1 Å². The minimum atomic E-state index is -0.472. The lowest BCUT2D eigenvalue weighted by Gasteiger charge is -2.32. The van der Waals surface area contributed by atoms with E-state index in [2.05, 4.69) is 5.10 Å². The van der Waals surface area contributed by atoms with E-state index in [4.69, 9.17) is 20.9 Å². The van der Waals surface area contributed by atoms with E-state index < -0.39 is 7.12 Å². The standard InChI is InChI=1S/C14H18BClN2O2/c1-13(2)14(3,4)20-15(19-13)12-9-8-18(5)17-11(9)7-6-10(12)16/h6-8H,1-5H3. The Morgan fingerprint density at radius 2 is 1.75 bits per heavy atom. The van der Waals surface area contributed by atoms with Crippen molar-refractivity contribution >= 4 is 35.1 Å². The van der Waals surface area contributed by atoms with Crippen molar-refractivity contribution in [2.45, 2.75) is 38.9 Å². The zero-order valence-electron chi connectivity index (χ0n) is 12.4. The first-order valence-electron chi connectivity index (χ1n) is 6.69. The van der Waals surface area contributed by atoms with E-state index >= 15 is 0 Å². The van der Waals surface area contributed by atoms with Crippen molar-refractivity contribution in [2.24, 2.45) is 7.05 Å². The molecule has 1 aliphatic heterocycles. The van der Waals surface area contributed by atoms with Gasteiger partial charge in [0.1, 0.15) is 0 Å². The zero-order chi connectivity index (χ0) is 14.7. The normalized spacial score (nSPS) is 20.8. The van der Waals surface area contributed by atoms with Gasteiger partial charge in [0.2, 0.25) is 0 Å². The van der Waals surface area contributed by atoms with Crippen molar-refractivity contribution < 1.29 is 9.31 Å². The third-order valence-electron chi connectivity index (χ3n) is 4.28. The van der Waals surface area contributed by atoms with E-state index in [0.717, 1.165) is 16.4 Å². The minimum Gasteiger partial charge on any atom is -0.399 e. The number of halogens is 1. The first kappa shape index (κ1) is 13.9. The smallest absolute Gasteiger partial charge is 0.399 e. The number of nitrogens with zero attached hydrogens (tertiary/aromatic N) is 2. The van der Waals surface area contributed by atoms with Gasteiger partial charge in [-0.15, -0.1) is 0 Å². The van der Waals surface area contributed by atoms with Crippen LogP contribution in [0.15, 0.2) is 18.3 Å².